The third kappa shape index (κ3) is 4.05. The van der Waals surface area contributed by atoms with Gasteiger partial charge in [0, 0.05) is 10.7 Å². The number of nitrogens with one attached hydrogen (secondary N) is 1. The molecular weight excluding hydrogens is 440 g/mol. The van der Waals surface area contributed by atoms with Gasteiger partial charge in [0.1, 0.15) is 5.70 Å². The van der Waals surface area contributed by atoms with E-state index in [1.165, 1.54) is 19.1 Å². The van der Waals surface area contributed by atoms with Crippen LogP contribution >= 0.6 is 11.6 Å². The molecule has 0 aliphatic carbocycles. The standard InChI is InChI=1S/C26H23ClN2O4/c1-15-7-5-8-18(13-15)29-25(30)23(17-11-12-21(32-3)22(14-17)33-4)24(26(29)31)28-20-10-6-9-19(27)16(20)2/h5-14,28H,1-4H3. The van der Waals surface area contributed by atoms with E-state index in [4.69, 9.17) is 21.1 Å². The van der Waals surface area contributed by atoms with Gasteiger partial charge in [0.25, 0.3) is 11.8 Å². The van der Waals surface area contributed by atoms with Gasteiger partial charge in [0.05, 0.1) is 25.5 Å². The number of aryl methyl sites for hydroxylation is 1. The molecule has 0 saturated heterocycles. The number of carbonyl (C=O) groups excluding carboxylic acids is 2. The van der Waals surface area contributed by atoms with Crippen LogP contribution in [0.5, 0.6) is 11.5 Å². The van der Waals surface area contributed by atoms with E-state index in [9.17, 15) is 9.59 Å². The molecule has 0 atom stereocenters. The SMILES string of the molecule is COc1ccc(C2=C(Nc3cccc(Cl)c3C)C(=O)N(c3cccc(C)c3)C2=O)cc1OC. The monoisotopic (exact) mass is 462 g/mol. The van der Waals surface area contributed by atoms with E-state index in [1.807, 2.05) is 32.0 Å². The summed E-state index contributed by atoms with van der Waals surface area (Å²) < 4.78 is 10.7. The van der Waals surface area contributed by atoms with Crippen LogP contribution in [0.2, 0.25) is 5.02 Å². The molecule has 3 aromatic carbocycles. The van der Waals surface area contributed by atoms with Gasteiger partial charge >= 0.3 is 0 Å². The molecule has 0 radical (unpaired) electrons. The second-order valence-electron chi connectivity index (χ2n) is 7.64. The summed E-state index contributed by atoms with van der Waals surface area (Å²) in [5, 5.41) is 3.73. The number of hydrogen-bond acceptors (Lipinski definition) is 5. The molecule has 0 spiro atoms. The van der Waals surface area contributed by atoms with Crippen molar-refractivity contribution in [3.8, 4) is 11.5 Å². The third-order valence-corrected chi connectivity index (χ3v) is 5.95. The fourth-order valence-corrected chi connectivity index (χ4v) is 3.96. The number of carbonyl (C=O) groups is 2. The summed E-state index contributed by atoms with van der Waals surface area (Å²) in [5.74, 6) is 0.0964. The van der Waals surface area contributed by atoms with E-state index >= 15 is 0 Å². The molecular formula is C26H23ClN2O4. The number of imide groups is 1. The average molecular weight is 463 g/mol. The highest BCUT2D eigenvalue weighted by Gasteiger charge is 2.40. The summed E-state index contributed by atoms with van der Waals surface area (Å²) in [6.45, 7) is 3.76. The zero-order chi connectivity index (χ0) is 23.7. The number of nitrogens with zero attached hydrogens (tertiary/aromatic N) is 1. The number of benzene rings is 3. The van der Waals surface area contributed by atoms with Crippen molar-refractivity contribution >= 4 is 40.4 Å². The first-order chi connectivity index (χ1) is 15.8. The van der Waals surface area contributed by atoms with Crippen LogP contribution in [0.15, 0.2) is 66.4 Å². The Morgan fingerprint density at radius 1 is 0.848 bits per heavy atom. The molecule has 3 aromatic rings. The van der Waals surface area contributed by atoms with Gasteiger partial charge in [-0.05, 0) is 66.9 Å². The topological polar surface area (TPSA) is 67.9 Å². The van der Waals surface area contributed by atoms with Crippen molar-refractivity contribution in [2.75, 3.05) is 24.4 Å². The highest BCUT2D eigenvalue weighted by molar-refractivity contribution is 6.46. The lowest BCUT2D eigenvalue weighted by Gasteiger charge is -2.16. The fourth-order valence-electron chi connectivity index (χ4n) is 3.78. The zero-order valence-corrected chi connectivity index (χ0v) is 19.5. The van der Waals surface area contributed by atoms with Gasteiger partial charge in [-0.15, -0.1) is 0 Å². The van der Waals surface area contributed by atoms with Gasteiger partial charge in [0.2, 0.25) is 0 Å². The average Bonchev–Trinajstić information content (AvgIpc) is 3.05. The molecule has 1 aliphatic rings. The van der Waals surface area contributed by atoms with Crippen LogP contribution in [0, 0.1) is 13.8 Å². The molecule has 168 valence electrons. The summed E-state index contributed by atoms with van der Waals surface area (Å²) in [5.41, 5.74) is 3.79. The summed E-state index contributed by atoms with van der Waals surface area (Å²) in [6, 6.07) is 17.8. The Morgan fingerprint density at radius 3 is 2.27 bits per heavy atom. The summed E-state index contributed by atoms with van der Waals surface area (Å²) in [7, 11) is 3.06. The van der Waals surface area contributed by atoms with Crippen molar-refractivity contribution in [2.24, 2.45) is 0 Å². The van der Waals surface area contributed by atoms with Crippen molar-refractivity contribution in [1.82, 2.24) is 0 Å². The van der Waals surface area contributed by atoms with Crippen molar-refractivity contribution in [2.45, 2.75) is 13.8 Å². The second kappa shape index (κ2) is 9.00. The van der Waals surface area contributed by atoms with E-state index in [0.717, 1.165) is 11.1 Å². The zero-order valence-electron chi connectivity index (χ0n) is 18.7. The summed E-state index contributed by atoms with van der Waals surface area (Å²) >= 11 is 6.28. The highest BCUT2D eigenvalue weighted by atomic mass is 35.5. The molecule has 1 heterocycles. The Labute approximate surface area is 197 Å². The first kappa shape index (κ1) is 22.4. The van der Waals surface area contributed by atoms with Crippen LogP contribution in [0.3, 0.4) is 0 Å². The first-order valence-corrected chi connectivity index (χ1v) is 10.7. The molecule has 4 rings (SSSR count). The minimum absolute atomic E-state index is 0.166. The maximum absolute atomic E-state index is 13.6. The summed E-state index contributed by atoms with van der Waals surface area (Å²) in [6.07, 6.45) is 0. The molecule has 0 aromatic heterocycles. The van der Waals surface area contributed by atoms with Crippen molar-refractivity contribution in [3.63, 3.8) is 0 Å². The largest absolute Gasteiger partial charge is 0.493 e. The molecule has 33 heavy (non-hydrogen) atoms. The van der Waals surface area contributed by atoms with Crippen LogP contribution < -0.4 is 19.7 Å². The number of methoxy groups -OCH3 is 2. The third-order valence-electron chi connectivity index (χ3n) is 5.54. The Bertz CT molecular complexity index is 1300. The van der Waals surface area contributed by atoms with Crippen molar-refractivity contribution in [1.29, 1.82) is 0 Å². The molecule has 0 fully saturated rings. The van der Waals surface area contributed by atoms with E-state index in [-0.39, 0.29) is 11.3 Å². The molecule has 2 amide bonds. The van der Waals surface area contributed by atoms with Crippen LogP contribution in [0.4, 0.5) is 11.4 Å². The van der Waals surface area contributed by atoms with Crippen LogP contribution in [-0.4, -0.2) is 26.0 Å². The van der Waals surface area contributed by atoms with Crippen LogP contribution in [0.1, 0.15) is 16.7 Å². The van der Waals surface area contributed by atoms with Gasteiger partial charge in [-0.25, -0.2) is 4.90 Å². The molecule has 6 nitrogen and oxygen atoms in total. The number of halogens is 1. The van der Waals surface area contributed by atoms with Gasteiger partial charge in [0.15, 0.2) is 11.5 Å². The second-order valence-corrected chi connectivity index (χ2v) is 8.05. The number of anilines is 2. The lowest BCUT2D eigenvalue weighted by molar-refractivity contribution is -0.120. The van der Waals surface area contributed by atoms with Crippen LogP contribution in [-0.2, 0) is 9.59 Å². The van der Waals surface area contributed by atoms with E-state index in [1.54, 1.807) is 42.5 Å². The van der Waals surface area contributed by atoms with Gasteiger partial charge < -0.3 is 14.8 Å². The normalized spacial score (nSPS) is 13.5. The van der Waals surface area contributed by atoms with E-state index < -0.39 is 11.8 Å². The number of hydrogen-bond donors (Lipinski definition) is 1. The Kier molecular flexibility index (Phi) is 6.11. The minimum Gasteiger partial charge on any atom is -0.493 e. The molecule has 0 saturated carbocycles. The van der Waals surface area contributed by atoms with Crippen LogP contribution in [0.25, 0.3) is 5.57 Å². The maximum atomic E-state index is 13.6. The van der Waals surface area contributed by atoms with Crippen molar-refractivity contribution < 1.29 is 19.1 Å². The molecule has 0 unspecified atom stereocenters. The molecule has 0 bridgehead atoms. The fraction of sp³-hybridized carbons (Fsp3) is 0.154. The minimum atomic E-state index is -0.449. The van der Waals surface area contributed by atoms with Gasteiger partial charge in [-0.3, -0.25) is 9.59 Å². The number of amides is 2. The van der Waals surface area contributed by atoms with Gasteiger partial charge in [-0.1, -0.05) is 35.9 Å². The lowest BCUT2D eigenvalue weighted by atomic mass is 10.0. The van der Waals surface area contributed by atoms with E-state index in [2.05, 4.69) is 5.32 Å². The van der Waals surface area contributed by atoms with E-state index in [0.29, 0.717) is 33.5 Å². The molecule has 1 aliphatic heterocycles. The maximum Gasteiger partial charge on any atom is 0.282 e. The molecule has 7 heteroatoms. The predicted octanol–water partition coefficient (Wildman–Crippen LogP) is 5.37. The Hall–Kier alpha value is -3.77. The smallest absolute Gasteiger partial charge is 0.282 e. The predicted molar refractivity (Wildman–Crippen MR) is 130 cm³/mol. The first-order valence-electron chi connectivity index (χ1n) is 10.3. The molecule has 1 N–H and O–H groups in total. The lowest BCUT2D eigenvalue weighted by Crippen LogP contribution is -2.32. The van der Waals surface area contributed by atoms with Crippen molar-refractivity contribution in [3.05, 3.63) is 88.1 Å². The quantitative estimate of drug-likeness (QED) is 0.499. The number of ether oxygens (including phenoxy) is 2. The summed E-state index contributed by atoms with van der Waals surface area (Å²) in [4.78, 5) is 28.4. The van der Waals surface area contributed by atoms with Gasteiger partial charge in [-0.2, -0.15) is 0 Å². The number of rotatable bonds is 6. The Balaban J connectivity index is 1.89. The highest BCUT2D eigenvalue weighted by Crippen LogP contribution is 2.38. The Morgan fingerprint density at radius 2 is 1.58 bits per heavy atom.